The lowest BCUT2D eigenvalue weighted by atomic mass is 10.0. The van der Waals surface area contributed by atoms with E-state index in [-0.39, 0.29) is 23.8 Å². The lowest BCUT2D eigenvalue weighted by Gasteiger charge is -2.21. The highest BCUT2D eigenvalue weighted by atomic mass is 16.2. The molecule has 20 heavy (non-hydrogen) atoms. The fraction of sp³-hybridized carbons (Fsp3) is 0.500. The minimum atomic E-state index is -0.244. The number of carbonyl (C=O) groups is 2. The lowest BCUT2D eigenvalue weighted by molar-refractivity contribution is -0.129. The van der Waals surface area contributed by atoms with Crippen LogP contribution in [0.4, 0.5) is 0 Å². The van der Waals surface area contributed by atoms with Crippen LogP contribution in [-0.4, -0.2) is 30.8 Å². The van der Waals surface area contributed by atoms with Crippen molar-refractivity contribution in [2.24, 2.45) is 11.8 Å². The van der Waals surface area contributed by atoms with Crippen molar-refractivity contribution in [2.45, 2.75) is 25.8 Å². The Labute approximate surface area is 120 Å². The topological polar surface area (TPSA) is 49.4 Å². The molecular formula is C16H22N2O2. The Balaban J connectivity index is 2.07. The molecule has 0 aromatic heterocycles. The lowest BCUT2D eigenvalue weighted by Crippen LogP contribution is -2.34. The van der Waals surface area contributed by atoms with E-state index >= 15 is 0 Å². The van der Waals surface area contributed by atoms with Crippen molar-refractivity contribution >= 4 is 11.8 Å². The van der Waals surface area contributed by atoms with Crippen LogP contribution in [0.25, 0.3) is 0 Å². The molecule has 4 nitrogen and oxygen atoms in total. The van der Waals surface area contributed by atoms with Gasteiger partial charge in [0.05, 0.1) is 12.5 Å². The van der Waals surface area contributed by atoms with Crippen LogP contribution >= 0.6 is 0 Å². The maximum absolute atomic E-state index is 12.1. The second-order valence-electron chi connectivity index (χ2n) is 5.78. The van der Waals surface area contributed by atoms with Gasteiger partial charge in [-0.1, -0.05) is 37.3 Å². The number of hydrogen-bond acceptors (Lipinski definition) is 2. The Hall–Kier alpha value is -1.84. The van der Waals surface area contributed by atoms with E-state index < -0.39 is 0 Å². The van der Waals surface area contributed by atoms with Gasteiger partial charge in [0.1, 0.15) is 0 Å². The Morgan fingerprint density at radius 2 is 1.90 bits per heavy atom. The number of carbonyl (C=O) groups excluding carboxylic acids is 2. The predicted molar refractivity (Wildman–Crippen MR) is 77.9 cm³/mol. The van der Waals surface area contributed by atoms with E-state index in [0.29, 0.717) is 12.3 Å². The van der Waals surface area contributed by atoms with E-state index in [9.17, 15) is 9.59 Å². The molecule has 0 spiro atoms. The quantitative estimate of drug-likeness (QED) is 0.892. The van der Waals surface area contributed by atoms with Gasteiger partial charge in [-0.05, 0) is 17.9 Å². The molecule has 0 bridgehead atoms. The predicted octanol–water partition coefficient (Wildman–Crippen LogP) is 1.98. The monoisotopic (exact) mass is 274 g/mol. The molecule has 0 heterocycles. The fourth-order valence-electron chi connectivity index (χ4n) is 2.26. The smallest absolute Gasteiger partial charge is 0.224 e. The summed E-state index contributed by atoms with van der Waals surface area (Å²) < 4.78 is 0. The molecule has 1 N–H and O–H groups in total. The summed E-state index contributed by atoms with van der Waals surface area (Å²) in [7, 11) is 3.46. The SMILES string of the molecule is C[C@@H]1C[C@H]1C(=O)N[C@H](CC(=O)N(C)C)c1ccccc1. The minimum Gasteiger partial charge on any atom is -0.349 e. The van der Waals surface area contributed by atoms with Crippen LogP contribution in [0.15, 0.2) is 30.3 Å². The first-order valence-corrected chi connectivity index (χ1v) is 7.04. The third-order valence-corrected chi connectivity index (χ3v) is 3.84. The van der Waals surface area contributed by atoms with Gasteiger partial charge in [-0.2, -0.15) is 0 Å². The van der Waals surface area contributed by atoms with E-state index in [0.717, 1.165) is 12.0 Å². The van der Waals surface area contributed by atoms with Crippen molar-refractivity contribution in [3.63, 3.8) is 0 Å². The Kier molecular flexibility index (Phi) is 4.42. The van der Waals surface area contributed by atoms with Gasteiger partial charge in [0.2, 0.25) is 11.8 Å². The molecule has 2 amide bonds. The van der Waals surface area contributed by atoms with Crippen molar-refractivity contribution in [2.75, 3.05) is 14.1 Å². The molecule has 1 fully saturated rings. The van der Waals surface area contributed by atoms with Gasteiger partial charge in [0.15, 0.2) is 0 Å². The zero-order valence-electron chi connectivity index (χ0n) is 12.3. The standard InChI is InChI=1S/C16H22N2O2/c1-11-9-13(11)16(20)17-14(10-15(19)18(2)3)12-7-5-4-6-8-12/h4-8,11,13-14H,9-10H2,1-3H3,(H,17,20)/t11-,13-,14-/m1/s1. The Morgan fingerprint density at radius 1 is 1.30 bits per heavy atom. The molecule has 4 heteroatoms. The van der Waals surface area contributed by atoms with Gasteiger partial charge in [-0.15, -0.1) is 0 Å². The van der Waals surface area contributed by atoms with E-state index in [4.69, 9.17) is 0 Å². The number of rotatable bonds is 5. The average Bonchev–Trinajstić information content (AvgIpc) is 3.16. The van der Waals surface area contributed by atoms with Crippen molar-refractivity contribution in [1.29, 1.82) is 0 Å². The number of hydrogen-bond donors (Lipinski definition) is 1. The summed E-state index contributed by atoms with van der Waals surface area (Å²) in [6.45, 7) is 2.08. The fourth-order valence-corrected chi connectivity index (χ4v) is 2.26. The Bertz CT molecular complexity index is 485. The molecule has 1 aromatic carbocycles. The third-order valence-electron chi connectivity index (χ3n) is 3.84. The molecular weight excluding hydrogens is 252 g/mol. The molecule has 0 aliphatic heterocycles. The molecule has 0 unspecified atom stereocenters. The molecule has 0 saturated heterocycles. The van der Waals surface area contributed by atoms with E-state index in [2.05, 4.69) is 12.2 Å². The normalized spacial score (nSPS) is 21.9. The highest BCUT2D eigenvalue weighted by Gasteiger charge is 2.40. The summed E-state index contributed by atoms with van der Waals surface area (Å²) >= 11 is 0. The van der Waals surface area contributed by atoms with Crippen molar-refractivity contribution in [3.05, 3.63) is 35.9 Å². The highest BCUT2D eigenvalue weighted by Crippen LogP contribution is 2.38. The van der Waals surface area contributed by atoms with Gasteiger partial charge < -0.3 is 10.2 Å². The van der Waals surface area contributed by atoms with Gasteiger partial charge in [0, 0.05) is 20.0 Å². The van der Waals surface area contributed by atoms with Crippen LogP contribution in [0.3, 0.4) is 0 Å². The number of benzene rings is 1. The van der Waals surface area contributed by atoms with Crippen LogP contribution in [0.5, 0.6) is 0 Å². The van der Waals surface area contributed by atoms with E-state index in [1.807, 2.05) is 30.3 Å². The molecule has 1 saturated carbocycles. The first-order chi connectivity index (χ1) is 9.49. The maximum Gasteiger partial charge on any atom is 0.224 e. The minimum absolute atomic E-state index is 0.0167. The third kappa shape index (κ3) is 3.59. The van der Waals surface area contributed by atoms with Gasteiger partial charge in [0.25, 0.3) is 0 Å². The molecule has 3 atom stereocenters. The van der Waals surface area contributed by atoms with Crippen molar-refractivity contribution < 1.29 is 9.59 Å². The number of nitrogens with zero attached hydrogens (tertiary/aromatic N) is 1. The van der Waals surface area contributed by atoms with Gasteiger partial charge in [-0.3, -0.25) is 9.59 Å². The summed E-state index contributed by atoms with van der Waals surface area (Å²) in [5, 5.41) is 3.03. The first-order valence-electron chi connectivity index (χ1n) is 7.04. The first kappa shape index (κ1) is 14.6. The summed E-state index contributed by atoms with van der Waals surface area (Å²) in [6.07, 6.45) is 1.25. The van der Waals surface area contributed by atoms with Crippen LogP contribution in [0.2, 0.25) is 0 Å². The van der Waals surface area contributed by atoms with Crippen LogP contribution in [-0.2, 0) is 9.59 Å². The summed E-state index contributed by atoms with van der Waals surface area (Å²) in [6, 6.07) is 9.43. The van der Waals surface area contributed by atoms with Crippen LogP contribution in [0.1, 0.15) is 31.4 Å². The molecule has 1 aliphatic rings. The molecule has 0 radical (unpaired) electrons. The zero-order chi connectivity index (χ0) is 14.7. The average molecular weight is 274 g/mol. The maximum atomic E-state index is 12.1. The summed E-state index contributed by atoms with van der Waals surface area (Å²) in [4.78, 5) is 25.6. The van der Waals surface area contributed by atoms with Gasteiger partial charge >= 0.3 is 0 Å². The summed E-state index contributed by atoms with van der Waals surface area (Å²) in [5.41, 5.74) is 0.976. The summed E-state index contributed by atoms with van der Waals surface area (Å²) in [5.74, 6) is 0.674. The Morgan fingerprint density at radius 3 is 2.40 bits per heavy atom. The van der Waals surface area contributed by atoms with Crippen LogP contribution < -0.4 is 5.32 Å². The zero-order valence-corrected chi connectivity index (χ0v) is 12.3. The van der Waals surface area contributed by atoms with E-state index in [1.165, 1.54) is 0 Å². The molecule has 2 rings (SSSR count). The second-order valence-corrected chi connectivity index (χ2v) is 5.78. The van der Waals surface area contributed by atoms with Gasteiger partial charge in [-0.25, -0.2) is 0 Å². The molecule has 1 aromatic rings. The number of nitrogens with one attached hydrogen (secondary N) is 1. The highest BCUT2D eigenvalue weighted by molar-refractivity contribution is 5.83. The number of amides is 2. The van der Waals surface area contributed by atoms with Crippen LogP contribution in [0, 0.1) is 11.8 Å². The van der Waals surface area contributed by atoms with E-state index in [1.54, 1.807) is 19.0 Å². The van der Waals surface area contributed by atoms with Crippen molar-refractivity contribution in [1.82, 2.24) is 10.2 Å². The molecule has 1 aliphatic carbocycles. The second kappa shape index (κ2) is 6.07. The molecule has 108 valence electrons. The van der Waals surface area contributed by atoms with Crippen molar-refractivity contribution in [3.8, 4) is 0 Å². The largest absolute Gasteiger partial charge is 0.349 e.